The standard InChI is InChI=1S/C17H21N3O/c1-4-18-16-10-7-14(11-19-16)17(21)20-15-8-5-13(6-9-15)12(2)3/h5-12H,4H2,1-3H3,(H,18,19)(H,20,21). The third-order valence-corrected chi connectivity index (χ3v) is 3.22. The number of hydrogen-bond acceptors (Lipinski definition) is 3. The predicted molar refractivity (Wildman–Crippen MR) is 86.9 cm³/mol. The number of carbonyl (C=O) groups excluding carboxylic acids is 1. The molecule has 2 N–H and O–H groups in total. The van der Waals surface area contributed by atoms with Gasteiger partial charge in [-0.15, -0.1) is 0 Å². The number of pyridine rings is 1. The average Bonchev–Trinajstić information content (AvgIpc) is 2.49. The Hall–Kier alpha value is -2.36. The second kappa shape index (κ2) is 6.88. The van der Waals surface area contributed by atoms with Crippen LogP contribution in [0.3, 0.4) is 0 Å². The van der Waals surface area contributed by atoms with Crippen LogP contribution in [0.15, 0.2) is 42.6 Å². The third kappa shape index (κ3) is 4.05. The van der Waals surface area contributed by atoms with Crippen LogP contribution in [0.4, 0.5) is 11.5 Å². The molecule has 21 heavy (non-hydrogen) atoms. The molecule has 0 fully saturated rings. The Bertz CT molecular complexity index is 588. The highest BCUT2D eigenvalue weighted by Gasteiger charge is 2.07. The van der Waals surface area contributed by atoms with Gasteiger partial charge in [-0.1, -0.05) is 26.0 Å². The van der Waals surface area contributed by atoms with Crippen molar-refractivity contribution in [2.24, 2.45) is 0 Å². The highest BCUT2D eigenvalue weighted by molar-refractivity contribution is 6.04. The van der Waals surface area contributed by atoms with Crippen molar-refractivity contribution in [1.82, 2.24) is 4.98 Å². The lowest BCUT2D eigenvalue weighted by Crippen LogP contribution is -2.12. The third-order valence-electron chi connectivity index (χ3n) is 3.22. The molecule has 110 valence electrons. The molecule has 1 aromatic heterocycles. The summed E-state index contributed by atoms with van der Waals surface area (Å²) in [6.45, 7) is 7.10. The maximum atomic E-state index is 12.1. The van der Waals surface area contributed by atoms with Crippen LogP contribution in [0.25, 0.3) is 0 Å². The van der Waals surface area contributed by atoms with Gasteiger partial charge in [0.15, 0.2) is 0 Å². The summed E-state index contributed by atoms with van der Waals surface area (Å²) in [6, 6.07) is 11.5. The molecule has 2 rings (SSSR count). The van der Waals surface area contributed by atoms with Gasteiger partial charge in [0.1, 0.15) is 5.82 Å². The van der Waals surface area contributed by atoms with E-state index in [4.69, 9.17) is 0 Å². The fourth-order valence-corrected chi connectivity index (χ4v) is 1.97. The van der Waals surface area contributed by atoms with E-state index in [2.05, 4.69) is 29.5 Å². The summed E-state index contributed by atoms with van der Waals surface area (Å²) in [4.78, 5) is 16.3. The first-order chi connectivity index (χ1) is 10.1. The molecule has 1 heterocycles. The molecule has 1 amide bonds. The van der Waals surface area contributed by atoms with Crippen LogP contribution in [-0.2, 0) is 0 Å². The summed E-state index contributed by atoms with van der Waals surface area (Å²) < 4.78 is 0. The average molecular weight is 283 g/mol. The van der Waals surface area contributed by atoms with E-state index in [-0.39, 0.29) is 5.91 Å². The number of benzene rings is 1. The first-order valence-corrected chi connectivity index (χ1v) is 7.21. The van der Waals surface area contributed by atoms with E-state index in [1.807, 2.05) is 31.2 Å². The van der Waals surface area contributed by atoms with E-state index in [0.29, 0.717) is 11.5 Å². The van der Waals surface area contributed by atoms with Gasteiger partial charge in [0, 0.05) is 18.4 Å². The summed E-state index contributed by atoms with van der Waals surface area (Å²) in [5.74, 6) is 1.11. The van der Waals surface area contributed by atoms with E-state index in [1.165, 1.54) is 5.56 Å². The first-order valence-electron chi connectivity index (χ1n) is 7.21. The molecule has 0 bridgehead atoms. The minimum atomic E-state index is -0.150. The predicted octanol–water partition coefficient (Wildman–Crippen LogP) is 3.89. The number of rotatable bonds is 5. The zero-order valence-corrected chi connectivity index (χ0v) is 12.7. The number of nitrogens with zero attached hydrogens (tertiary/aromatic N) is 1. The van der Waals surface area contributed by atoms with Gasteiger partial charge in [-0.25, -0.2) is 4.98 Å². The van der Waals surface area contributed by atoms with E-state index in [1.54, 1.807) is 18.3 Å². The Morgan fingerprint density at radius 3 is 2.38 bits per heavy atom. The summed E-state index contributed by atoms with van der Waals surface area (Å²) in [6.07, 6.45) is 1.58. The molecular formula is C17H21N3O. The highest BCUT2D eigenvalue weighted by atomic mass is 16.1. The van der Waals surface area contributed by atoms with E-state index >= 15 is 0 Å². The van der Waals surface area contributed by atoms with Gasteiger partial charge in [0.25, 0.3) is 5.91 Å². The second-order valence-electron chi connectivity index (χ2n) is 5.19. The van der Waals surface area contributed by atoms with E-state index in [0.717, 1.165) is 18.1 Å². The van der Waals surface area contributed by atoms with Crippen LogP contribution in [0.5, 0.6) is 0 Å². The molecule has 4 nitrogen and oxygen atoms in total. The smallest absolute Gasteiger partial charge is 0.257 e. The van der Waals surface area contributed by atoms with Crippen molar-refractivity contribution in [1.29, 1.82) is 0 Å². The van der Waals surface area contributed by atoms with Crippen molar-refractivity contribution >= 4 is 17.4 Å². The van der Waals surface area contributed by atoms with Crippen LogP contribution in [0, 0.1) is 0 Å². The second-order valence-corrected chi connectivity index (χ2v) is 5.19. The van der Waals surface area contributed by atoms with Crippen molar-refractivity contribution in [3.05, 3.63) is 53.7 Å². The summed E-state index contributed by atoms with van der Waals surface area (Å²) in [7, 11) is 0. The monoisotopic (exact) mass is 283 g/mol. The number of anilines is 2. The molecular weight excluding hydrogens is 262 g/mol. The van der Waals surface area contributed by atoms with Crippen molar-refractivity contribution in [2.75, 3.05) is 17.2 Å². The van der Waals surface area contributed by atoms with Gasteiger partial charge < -0.3 is 10.6 Å². The molecule has 0 aliphatic carbocycles. The molecule has 2 aromatic rings. The Kier molecular flexibility index (Phi) is 4.93. The Morgan fingerprint density at radius 2 is 1.86 bits per heavy atom. The summed E-state index contributed by atoms with van der Waals surface area (Å²) >= 11 is 0. The molecule has 0 aliphatic heterocycles. The lowest BCUT2D eigenvalue weighted by atomic mass is 10.0. The van der Waals surface area contributed by atoms with Gasteiger partial charge in [0.05, 0.1) is 5.56 Å². The largest absolute Gasteiger partial charge is 0.370 e. The lowest BCUT2D eigenvalue weighted by molar-refractivity contribution is 0.102. The maximum Gasteiger partial charge on any atom is 0.257 e. The first kappa shape index (κ1) is 15.0. The lowest BCUT2D eigenvalue weighted by Gasteiger charge is -2.09. The van der Waals surface area contributed by atoms with Crippen molar-refractivity contribution in [3.63, 3.8) is 0 Å². The van der Waals surface area contributed by atoms with Gasteiger partial charge in [0.2, 0.25) is 0 Å². The maximum absolute atomic E-state index is 12.1. The fourth-order valence-electron chi connectivity index (χ4n) is 1.97. The van der Waals surface area contributed by atoms with Crippen molar-refractivity contribution in [2.45, 2.75) is 26.7 Å². The minimum absolute atomic E-state index is 0.150. The molecule has 0 atom stereocenters. The van der Waals surface area contributed by atoms with E-state index in [9.17, 15) is 4.79 Å². The van der Waals surface area contributed by atoms with Crippen LogP contribution in [0.2, 0.25) is 0 Å². The van der Waals surface area contributed by atoms with Crippen LogP contribution in [-0.4, -0.2) is 17.4 Å². The molecule has 0 spiro atoms. The molecule has 1 aromatic carbocycles. The SMILES string of the molecule is CCNc1ccc(C(=O)Nc2ccc(C(C)C)cc2)cn1. The molecule has 0 saturated carbocycles. The number of hydrogen-bond donors (Lipinski definition) is 2. The van der Waals surface area contributed by atoms with Crippen molar-refractivity contribution in [3.8, 4) is 0 Å². The van der Waals surface area contributed by atoms with E-state index < -0.39 is 0 Å². The van der Waals surface area contributed by atoms with Gasteiger partial charge in [-0.05, 0) is 42.7 Å². The molecule has 0 saturated heterocycles. The number of carbonyl (C=O) groups is 1. The zero-order valence-electron chi connectivity index (χ0n) is 12.7. The quantitative estimate of drug-likeness (QED) is 0.875. The molecule has 4 heteroatoms. The van der Waals surface area contributed by atoms with Gasteiger partial charge >= 0.3 is 0 Å². The van der Waals surface area contributed by atoms with Gasteiger partial charge in [-0.3, -0.25) is 4.79 Å². The minimum Gasteiger partial charge on any atom is -0.370 e. The molecule has 0 aliphatic rings. The highest BCUT2D eigenvalue weighted by Crippen LogP contribution is 2.17. The Morgan fingerprint density at radius 1 is 1.14 bits per heavy atom. The topological polar surface area (TPSA) is 54.0 Å². The number of nitrogens with one attached hydrogen (secondary N) is 2. The van der Waals surface area contributed by atoms with Crippen molar-refractivity contribution < 1.29 is 4.79 Å². The molecule has 0 radical (unpaired) electrons. The molecule has 0 unspecified atom stereocenters. The normalized spacial score (nSPS) is 10.5. The Balaban J connectivity index is 2.03. The fraction of sp³-hybridized carbons (Fsp3) is 0.294. The number of aromatic nitrogens is 1. The summed E-state index contributed by atoms with van der Waals surface area (Å²) in [5, 5.41) is 5.97. The Labute approximate surface area is 125 Å². The van der Waals surface area contributed by atoms with Gasteiger partial charge in [-0.2, -0.15) is 0 Å². The van der Waals surface area contributed by atoms with Crippen LogP contribution in [0.1, 0.15) is 42.6 Å². The van der Waals surface area contributed by atoms with Crippen LogP contribution < -0.4 is 10.6 Å². The summed E-state index contributed by atoms with van der Waals surface area (Å²) in [5.41, 5.74) is 2.59. The van der Waals surface area contributed by atoms with Crippen LogP contribution >= 0.6 is 0 Å². The zero-order chi connectivity index (χ0) is 15.2. The number of amides is 1.